The highest BCUT2D eigenvalue weighted by atomic mass is 79.9. The number of rotatable bonds is 11. The van der Waals surface area contributed by atoms with Crippen molar-refractivity contribution in [2.24, 2.45) is 0 Å². The second-order valence-electron chi connectivity index (χ2n) is 14.1. The van der Waals surface area contributed by atoms with E-state index in [1.54, 1.807) is 12.4 Å². The summed E-state index contributed by atoms with van der Waals surface area (Å²) in [5, 5.41) is 10.2. The summed E-state index contributed by atoms with van der Waals surface area (Å²) in [7, 11) is 0. The third-order valence-corrected chi connectivity index (χ3v) is 10.3. The molecule has 0 radical (unpaired) electrons. The first-order valence-electron chi connectivity index (χ1n) is 18.5. The van der Waals surface area contributed by atoms with Gasteiger partial charge in [-0.3, -0.25) is 14.9 Å². The van der Waals surface area contributed by atoms with Crippen molar-refractivity contribution in [1.29, 1.82) is 0 Å². The van der Waals surface area contributed by atoms with E-state index >= 15 is 0 Å². The van der Waals surface area contributed by atoms with E-state index in [0.717, 1.165) is 105 Å². The van der Waals surface area contributed by atoms with Gasteiger partial charge in [-0.15, -0.1) is 0 Å². The van der Waals surface area contributed by atoms with Gasteiger partial charge < -0.3 is 24.3 Å². The molecule has 0 spiro atoms. The summed E-state index contributed by atoms with van der Waals surface area (Å²) in [5.74, 6) is 3.56. The zero-order chi connectivity index (χ0) is 38.5. The van der Waals surface area contributed by atoms with E-state index in [9.17, 15) is 0 Å². The first-order chi connectivity index (χ1) is 26.7. The monoisotopic (exact) mass is 844 g/mol. The molecule has 2 aromatic heterocycles. The number of ether oxygens (including phenoxy) is 4. The predicted molar refractivity (Wildman–Crippen MR) is 228 cm³/mol. The molecule has 8 nitrogen and oxygen atoms in total. The second-order valence-corrected chi connectivity index (χ2v) is 15.8. The van der Waals surface area contributed by atoms with Crippen LogP contribution >= 0.6 is 39.1 Å². The van der Waals surface area contributed by atoms with Gasteiger partial charge in [0.1, 0.15) is 40.8 Å². The quantitative estimate of drug-likeness (QED) is 0.129. The summed E-state index contributed by atoms with van der Waals surface area (Å²) in [6.45, 7) is 10.4. The molecule has 2 atom stereocenters. The van der Waals surface area contributed by atoms with Gasteiger partial charge in [0.05, 0.1) is 6.61 Å². The number of alkyl halides is 1. The molecule has 55 heavy (non-hydrogen) atoms. The minimum absolute atomic E-state index is 0.0617. The zero-order valence-electron chi connectivity index (χ0n) is 31.2. The van der Waals surface area contributed by atoms with E-state index < -0.39 is 0 Å². The highest BCUT2D eigenvalue weighted by Gasteiger charge is 2.35. The molecule has 2 aliphatic rings. The molecule has 1 N–H and O–H groups in total. The molecule has 11 heteroatoms. The standard InChI is InChI=1S/C22H23ClN2O2.C11H10BrNO.C11H14ClNO/c1-22(27-20-6-3-19(23)4-7-20)9-11-25(16-22)12-13-26-21-5-2-18-15-24-10-8-17(18)14-21;12-4-6-14-11-2-1-10-8-13-5-3-9(10)7-11;1-11(6-7-13-8-11)14-10-4-2-9(12)3-5-10/h2-8,10,14-15H,9,11-13,16H2,1H3;1-3,5,7-8H,4,6H2;2-5,13H,6-8H2,1H3. The van der Waals surface area contributed by atoms with Crippen LogP contribution in [-0.2, 0) is 0 Å². The van der Waals surface area contributed by atoms with Crippen LogP contribution in [0.1, 0.15) is 26.7 Å². The number of nitrogens with zero attached hydrogens (tertiary/aromatic N) is 3. The number of halogens is 3. The van der Waals surface area contributed by atoms with E-state index in [0.29, 0.717) is 13.2 Å². The maximum Gasteiger partial charge on any atom is 0.120 e. The number of hydrogen-bond acceptors (Lipinski definition) is 8. The van der Waals surface area contributed by atoms with Crippen LogP contribution in [0.3, 0.4) is 0 Å². The van der Waals surface area contributed by atoms with Gasteiger partial charge in [-0.2, -0.15) is 0 Å². The molecule has 0 saturated carbocycles. The van der Waals surface area contributed by atoms with Gasteiger partial charge in [0.25, 0.3) is 0 Å². The number of likely N-dealkylation sites (tertiary alicyclic amines) is 1. The molecule has 288 valence electrons. The lowest BCUT2D eigenvalue weighted by Gasteiger charge is -2.26. The van der Waals surface area contributed by atoms with Gasteiger partial charge in [-0.05, 0) is 128 Å². The Hall–Kier alpha value is -4.12. The number of hydrogen-bond donors (Lipinski definition) is 1. The van der Waals surface area contributed by atoms with E-state index in [4.69, 9.17) is 42.1 Å². The predicted octanol–water partition coefficient (Wildman–Crippen LogP) is 10.3. The lowest BCUT2D eigenvalue weighted by Crippen LogP contribution is -2.37. The van der Waals surface area contributed by atoms with Gasteiger partial charge in [0, 0.05) is 90.0 Å². The van der Waals surface area contributed by atoms with E-state index in [-0.39, 0.29) is 11.2 Å². The molecule has 2 fully saturated rings. The van der Waals surface area contributed by atoms with Crippen LogP contribution in [0.15, 0.2) is 122 Å². The Morgan fingerprint density at radius 1 is 0.655 bits per heavy atom. The van der Waals surface area contributed by atoms with Crippen molar-refractivity contribution in [2.75, 3.05) is 51.3 Å². The van der Waals surface area contributed by atoms with Crippen LogP contribution in [0.2, 0.25) is 10.0 Å². The number of nitrogens with one attached hydrogen (secondary N) is 1. The van der Waals surface area contributed by atoms with Gasteiger partial charge in [-0.1, -0.05) is 39.1 Å². The molecule has 8 rings (SSSR count). The fourth-order valence-electron chi connectivity index (χ4n) is 6.51. The molecule has 0 aliphatic carbocycles. The molecule has 2 saturated heterocycles. The molecular weight excluding hydrogens is 799 g/mol. The molecule has 4 heterocycles. The summed E-state index contributed by atoms with van der Waals surface area (Å²) in [4.78, 5) is 10.6. The van der Waals surface area contributed by atoms with Crippen LogP contribution in [0.5, 0.6) is 23.0 Å². The Kier molecular flexibility index (Phi) is 14.5. The van der Waals surface area contributed by atoms with Gasteiger partial charge in [0.15, 0.2) is 0 Å². The maximum absolute atomic E-state index is 6.21. The van der Waals surface area contributed by atoms with E-state index in [1.807, 2.05) is 103 Å². The van der Waals surface area contributed by atoms with Crippen molar-refractivity contribution in [3.63, 3.8) is 0 Å². The Labute approximate surface area is 342 Å². The van der Waals surface area contributed by atoms with Crippen LogP contribution < -0.4 is 24.3 Å². The van der Waals surface area contributed by atoms with Crippen molar-refractivity contribution in [1.82, 2.24) is 20.2 Å². The number of fused-ring (bicyclic) bond motifs is 2. The Bertz CT molecular complexity index is 2100. The zero-order valence-corrected chi connectivity index (χ0v) is 34.3. The summed E-state index contributed by atoms with van der Waals surface area (Å²) in [6, 6.07) is 31.2. The van der Waals surface area contributed by atoms with E-state index in [1.165, 1.54) is 0 Å². The summed E-state index contributed by atoms with van der Waals surface area (Å²) in [6.07, 6.45) is 9.36. The van der Waals surface area contributed by atoms with Crippen molar-refractivity contribution in [2.45, 2.75) is 37.9 Å². The van der Waals surface area contributed by atoms with Gasteiger partial charge in [-0.25, -0.2) is 0 Å². The number of pyridine rings is 2. The number of benzene rings is 4. The highest BCUT2D eigenvalue weighted by Crippen LogP contribution is 2.29. The molecule has 4 aromatic carbocycles. The summed E-state index contributed by atoms with van der Waals surface area (Å²) in [5.41, 5.74) is -0.238. The van der Waals surface area contributed by atoms with E-state index in [2.05, 4.69) is 56.0 Å². The average Bonchev–Trinajstić information content (AvgIpc) is 3.80. The first-order valence-corrected chi connectivity index (χ1v) is 20.4. The van der Waals surface area contributed by atoms with Crippen molar-refractivity contribution in [3.05, 3.63) is 132 Å². The molecule has 0 bridgehead atoms. The van der Waals surface area contributed by atoms with Crippen LogP contribution in [0.4, 0.5) is 0 Å². The van der Waals surface area contributed by atoms with Crippen LogP contribution in [-0.4, -0.2) is 77.3 Å². The minimum atomic E-state index is -0.177. The average molecular weight is 847 g/mol. The van der Waals surface area contributed by atoms with Crippen molar-refractivity contribution < 1.29 is 18.9 Å². The fourth-order valence-corrected chi connectivity index (χ4v) is 6.92. The normalized spacial score (nSPS) is 19.2. The topological polar surface area (TPSA) is 78.0 Å². The highest BCUT2D eigenvalue weighted by molar-refractivity contribution is 9.09. The third kappa shape index (κ3) is 12.4. The summed E-state index contributed by atoms with van der Waals surface area (Å²) >= 11 is 15.1. The van der Waals surface area contributed by atoms with Crippen LogP contribution in [0.25, 0.3) is 21.5 Å². The van der Waals surface area contributed by atoms with Crippen molar-refractivity contribution >= 4 is 60.7 Å². The maximum atomic E-state index is 6.21. The number of aromatic nitrogens is 2. The molecule has 2 unspecified atom stereocenters. The molecule has 6 aromatic rings. The third-order valence-electron chi connectivity index (χ3n) is 9.45. The summed E-state index contributed by atoms with van der Waals surface area (Å²) < 4.78 is 23.6. The first kappa shape index (κ1) is 40.5. The Balaban J connectivity index is 0.000000155. The molecule has 0 amide bonds. The minimum Gasteiger partial charge on any atom is -0.493 e. The fraction of sp³-hybridized carbons (Fsp3) is 0.318. The van der Waals surface area contributed by atoms with Gasteiger partial charge >= 0.3 is 0 Å². The second kappa shape index (κ2) is 19.6. The van der Waals surface area contributed by atoms with Crippen LogP contribution in [0, 0.1) is 0 Å². The Morgan fingerprint density at radius 2 is 1.18 bits per heavy atom. The van der Waals surface area contributed by atoms with Crippen molar-refractivity contribution in [3.8, 4) is 23.0 Å². The lowest BCUT2D eigenvalue weighted by atomic mass is 10.1. The smallest absolute Gasteiger partial charge is 0.120 e. The molecule has 2 aliphatic heterocycles. The van der Waals surface area contributed by atoms with Gasteiger partial charge in [0.2, 0.25) is 0 Å². The molecular formula is C44H47BrCl2N4O4. The Morgan fingerprint density at radius 3 is 1.71 bits per heavy atom. The largest absolute Gasteiger partial charge is 0.493 e. The SMILES string of the molecule is BrCCOc1ccc2cnccc2c1.CC1(Oc2ccc(Cl)cc2)CCN(CCOc2ccc3cnccc3c2)C1.CC1(Oc2ccc(Cl)cc2)CCNC1. The lowest BCUT2D eigenvalue weighted by molar-refractivity contribution is 0.0935.